The van der Waals surface area contributed by atoms with Gasteiger partial charge in [-0.05, 0) is 72.4 Å². The van der Waals surface area contributed by atoms with Crippen LogP contribution in [-0.2, 0) is 6.42 Å². The van der Waals surface area contributed by atoms with E-state index in [0.717, 1.165) is 31.2 Å². The lowest BCUT2D eigenvalue weighted by Gasteiger charge is -2.26. The summed E-state index contributed by atoms with van der Waals surface area (Å²) in [7, 11) is 0. The Hall–Kier alpha value is -4.11. The van der Waals surface area contributed by atoms with Crippen molar-refractivity contribution in [2.75, 3.05) is 6.61 Å². The van der Waals surface area contributed by atoms with Gasteiger partial charge in [0.25, 0.3) is 0 Å². The van der Waals surface area contributed by atoms with E-state index in [4.69, 9.17) is 4.74 Å². The van der Waals surface area contributed by atoms with Crippen LogP contribution in [0.1, 0.15) is 49.8 Å². The third-order valence-corrected chi connectivity index (χ3v) is 6.90. The zero-order chi connectivity index (χ0) is 27.7. The average molecular weight is 533 g/mol. The molecule has 0 aromatic heterocycles. The van der Waals surface area contributed by atoms with Gasteiger partial charge in [0.15, 0.2) is 34.8 Å². The molecule has 6 heteroatoms. The Bertz CT molecular complexity index is 1630. The molecule has 39 heavy (non-hydrogen) atoms. The molecule has 5 rings (SSSR count). The molecule has 0 aliphatic heterocycles. The van der Waals surface area contributed by atoms with Gasteiger partial charge in [0.05, 0.1) is 17.7 Å². The summed E-state index contributed by atoms with van der Waals surface area (Å²) >= 11 is 0. The molecule has 4 aromatic rings. The Morgan fingerprint density at radius 2 is 1.28 bits per heavy atom. The summed E-state index contributed by atoms with van der Waals surface area (Å²) in [6, 6.07) is 14.3. The topological polar surface area (TPSA) is 9.23 Å². The Balaban J connectivity index is 1.43. The lowest BCUT2D eigenvalue weighted by Crippen LogP contribution is -2.09. The number of aryl methyl sites for hydroxylation is 1. The first-order chi connectivity index (χ1) is 18.8. The number of hydrogen-bond acceptors (Lipinski definition) is 1. The quantitative estimate of drug-likeness (QED) is 0.115. The maximum Gasteiger partial charge on any atom is 0.175 e. The van der Waals surface area contributed by atoms with Crippen molar-refractivity contribution >= 4 is 0 Å². The Kier molecular flexibility index (Phi) is 7.43. The van der Waals surface area contributed by atoms with Crippen LogP contribution >= 0.6 is 0 Å². The minimum absolute atomic E-state index is 0.0468. The van der Waals surface area contributed by atoms with E-state index in [2.05, 4.69) is 18.8 Å². The number of hydrogen-bond donors (Lipinski definition) is 0. The van der Waals surface area contributed by atoms with Gasteiger partial charge in [0, 0.05) is 16.7 Å². The first-order valence-electron chi connectivity index (χ1n) is 12.9. The molecule has 4 aromatic carbocycles. The van der Waals surface area contributed by atoms with Crippen LogP contribution in [0.3, 0.4) is 0 Å². The van der Waals surface area contributed by atoms with E-state index in [1.54, 1.807) is 25.1 Å². The summed E-state index contributed by atoms with van der Waals surface area (Å²) in [4.78, 5) is 0. The van der Waals surface area contributed by atoms with Crippen LogP contribution < -0.4 is 4.74 Å². The minimum Gasteiger partial charge on any atom is -0.491 e. The maximum atomic E-state index is 15.0. The first-order valence-corrected chi connectivity index (χ1v) is 12.9. The van der Waals surface area contributed by atoms with E-state index in [1.807, 2.05) is 12.1 Å². The second-order valence-electron chi connectivity index (χ2n) is 9.40. The van der Waals surface area contributed by atoms with Crippen molar-refractivity contribution in [2.24, 2.45) is 0 Å². The third kappa shape index (κ3) is 4.78. The van der Waals surface area contributed by atoms with E-state index < -0.39 is 29.1 Å². The largest absolute Gasteiger partial charge is 0.491 e. The molecule has 0 fully saturated rings. The molecule has 1 aliphatic carbocycles. The second-order valence-corrected chi connectivity index (χ2v) is 9.40. The smallest absolute Gasteiger partial charge is 0.175 e. The zero-order valence-corrected chi connectivity index (χ0v) is 21.5. The highest BCUT2D eigenvalue weighted by Crippen LogP contribution is 2.52. The van der Waals surface area contributed by atoms with Gasteiger partial charge in [-0.3, -0.25) is 0 Å². The molecule has 0 saturated heterocycles. The number of ether oxygens (including phenoxy) is 1. The van der Waals surface area contributed by atoms with Gasteiger partial charge >= 0.3 is 0 Å². The highest BCUT2D eigenvalue weighted by molar-refractivity contribution is 6.04. The normalized spacial score (nSPS) is 11.3. The fraction of sp³-hybridized carbons (Fsp3) is 0.212. The molecular formula is C33H25F5O. The maximum absolute atomic E-state index is 15.0. The molecule has 0 bridgehead atoms. The summed E-state index contributed by atoms with van der Waals surface area (Å²) in [6.45, 7) is 4.04. The van der Waals surface area contributed by atoms with Gasteiger partial charge in [-0.2, -0.15) is 0 Å². The van der Waals surface area contributed by atoms with E-state index in [0.29, 0.717) is 11.1 Å². The molecule has 0 heterocycles. The van der Waals surface area contributed by atoms with Crippen molar-refractivity contribution in [2.45, 2.75) is 39.5 Å². The van der Waals surface area contributed by atoms with Crippen molar-refractivity contribution in [3.63, 3.8) is 0 Å². The van der Waals surface area contributed by atoms with Crippen molar-refractivity contribution in [3.8, 4) is 51.0 Å². The van der Waals surface area contributed by atoms with Crippen molar-refractivity contribution in [3.05, 3.63) is 100 Å². The fourth-order valence-electron chi connectivity index (χ4n) is 4.84. The van der Waals surface area contributed by atoms with Gasteiger partial charge in [0.2, 0.25) is 0 Å². The molecule has 0 amide bonds. The SMILES string of the molecule is CCCCCc1ccc(-c2ccc(C#Cc3cc4c(c(F)c3F)-c3c-4ccc(OCC)c3F)c(F)c2F)cc1. The van der Waals surface area contributed by atoms with E-state index >= 15 is 0 Å². The van der Waals surface area contributed by atoms with Gasteiger partial charge in [0.1, 0.15) is 0 Å². The lowest BCUT2D eigenvalue weighted by molar-refractivity contribution is 0.322. The summed E-state index contributed by atoms with van der Waals surface area (Å²) in [5.74, 6) is -0.753. The van der Waals surface area contributed by atoms with Gasteiger partial charge in [-0.25, -0.2) is 22.0 Å². The van der Waals surface area contributed by atoms with Crippen molar-refractivity contribution in [1.82, 2.24) is 0 Å². The molecule has 0 saturated carbocycles. The number of rotatable bonds is 7. The second kappa shape index (κ2) is 10.9. The Morgan fingerprint density at radius 3 is 2.00 bits per heavy atom. The predicted octanol–water partition coefficient (Wildman–Crippen LogP) is 9.23. The van der Waals surface area contributed by atoms with Crippen LogP contribution in [-0.4, -0.2) is 6.61 Å². The lowest BCUT2D eigenvalue weighted by atomic mass is 9.78. The summed E-state index contributed by atoms with van der Waals surface area (Å²) in [5.41, 5.74) is 1.55. The predicted molar refractivity (Wildman–Crippen MR) is 143 cm³/mol. The standard InChI is InChI=1S/C33H25F5O/c1-3-5-6-7-19-8-10-20(11-9-19)23-15-14-21(29(34)31(23)36)12-13-22-18-25-24-16-17-26(39-4-2)32(37)27(24)28(25)33(38)30(22)35/h8-11,14-18H,3-7H2,1-2H3. The summed E-state index contributed by atoms with van der Waals surface area (Å²) in [6.07, 6.45) is 4.25. The van der Waals surface area contributed by atoms with E-state index in [9.17, 15) is 22.0 Å². The number of benzene rings is 4. The van der Waals surface area contributed by atoms with Crippen LogP contribution in [0, 0.1) is 40.9 Å². The Labute approximate surface area is 224 Å². The fourth-order valence-corrected chi connectivity index (χ4v) is 4.84. The van der Waals surface area contributed by atoms with Crippen LogP contribution in [0.25, 0.3) is 33.4 Å². The molecule has 0 spiro atoms. The number of unbranched alkanes of at least 4 members (excludes halogenated alkanes) is 2. The first kappa shape index (κ1) is 26.5. The molecule has 198 valence electrons. The summed E-state index contributed by atoms with van der Waals surface area (Å²) < 4.78 is 79.6. The van der Waals surface area contributed by atoms with Crippen molar-refractivity contribution in [1.29, 1.82) is 0 Å². The minimum atomic E-state index is -1.29. The zero-order valence-electron chi connectivity index (χ0n) is 21.5. The highest BCUT2D eigenvalue weighted by Gasteiger charge is 2.34. The van der Waals surface area contributed by atoms with Crippen LogP contribution in [0.15, 0.2) is 54.6 Å². The van der Waals surface area contributed by atoms with E-state index in [1.165, 1.54) is 24.3 Å². The monoisotopic (exact) mass is 532 g/mol. The molecule has 0 radical (unpaired) electrons. The summed E-state index contributed by atoms with van der Waals surface area (Å²) in [5, 5.41) is 0. The molecule has 1 aliphatic rings. The molecule has 0 atom stereocenters. The molecule has 1 nitrogen and oxygen atoms in total. The van der Waals surface area contributed by atoms with Gasteiger partial charge in [-0.15, -0.1) is 0 Å². The highest BCUT2D eigenvalue weighted by atomic mass is 19.2. The van der Waals surface area contributed by atoms with Crippen LogP contribution in [0.5, 0.6) is 5.75 Å². The van der Waals surface area contributed by atoms with Crippen LogP contribution in [0.2, 0.25) is 0 Å². The van der Waals surface area contributed by atoms with E-state index in [-0.39, 0.29) is 45.7 Å². The number of halogens is 5. The van der Waals surface area contributed by atoms with Gasteiger partial charge in [-0.1, -0.05) is 55.9 Å². The van der Waals surface area contributed by atoms with Crippen LogP contribution in [0.4, 0.5) is 22.0 Å². The Morgan fingerprint density at radius 1 is 0.615 bits per heavy atom. The third-order valence-electron chi connectivity index (χ3n) is 6.90. The van der Waals surface area contributed by atoms with Gasteiger partial charge < -0.3 is 4.74 Å². The average Bonchev–Trinajstić information content (AvgIpc) is 2.92. The molecular weight excluding hydrogens is 507 g/mol. The van der Waals surface area contributed by atoms with Crippen molar-refractivity contribution < 1.29 is 26.7 Å². The molecule has 0 unspecified atom stereocenters. The number of fused-ring (bicyclic) bond motifs is 4. The molecule has 0 N–H and O–H groups in total.